The van der Waals surface area contributed by atoms with Gasteiger partial charge in [-0.05, 0) is 19.8 Å². The molecule has 0 aliphatic carbocycles. The molecule has 74 valence electrons. The zero-order chi connectivity index (χ0) is 9.56. The van der Waals surface area contributed by atoms with Crippen LogP contribution in [0.15, 0.2) is 0 Å². The molecule has 0 aromatic rings. The van der Waals surface area contributed by atoms with Crippen molar-refractivity contribution >= 4 is 0 Å². The van der Waals surface area contributed by atoms with E-state index >= 15 is 0 Å². The van der Waals surface area contributed by atoms with Crippen molar-refractivity contribution in [3.63, 3.8) is 0 Å². The third-order valence-electron chi connectivity index (χ3n) is 2.49. The molecule has 0 heterocycles. The third-order valence-corrected chi connectivity index (χ3v) is 2.49. The minimum Gasteiger partial charge on any atom is -0.392 e. The standard InChI is InChI=1S/C10H23NO/c1-5-10(6-2)9(4)11-7-8(3)12/h8-12H,5-7H2,1-4H3. The van der Waals surface area contributed by atoms with Crippen molar-refractivity contribution in [3.05, 3.63) is 0 Å². The smallest absolute Gasteiger partial charge is 0.0636 e. The summed E-state index contributed by atoms with van der Waals surface area (Å²) in [6, 6.07) is 0.523. The highest BCUT2D eigenvalue weighted by atomic mass is 16.3. The molecule has 0 spiro atoms. The predicted octanol–water partition coefficient (Wildman–Crippen LogP) is 1.78. The molecule has 0 saturated heterocycles. The molecule has 0 aliphatic rings. The maximum absolute atomic E-state index is 9.07. The summed E-state index contributed by atoms with van der Waals surface area (Å²) in [5.74, 6) is 0.740. The van der Waals surface area contributed by atoms with E-state index in [1.54, 1.807) is 0 Å². The van der Waals surface area contributed by atoms with E-state index in [2.05, 4.69) is 26.1 Å². The molecule has 0 radical (unpaired) electrons. The number of aliphatic hydroxyl groups is 1. The quantitative estimate of drug-likeness (QED) is 0.641. The third kappa shape index (κ3) is 4.73. The maximum atomic E-state index is 9.07. The molecule has 0 bridgehead atoms. The molecule has 0 amide bonds. The first-order chi connectivity index (χ1) is 5.61. The van der Waals surface area contributed by atoms with Crippen LogP contribution in [0.1, 0.15) is 40.5 Å². The number of hydrogen-bond acceptors (Lipinski definition) is 2. The first kappa shape index (κ1) is 11.9. The van der Waals surface area contributed by atoms with Crippen LogP contribution in [0, 0.1) is 5.92 Å². The average molecular weight is 173 g/mol. The van der Waals surface area contributed by atoms with E-state index in [1.807, 2.05) is 6.92 Å². The Labute approximate surface area is 76.4 Å². The van der Waals surface area contributed by atoms with Crippen LogP contribution in [0.3, 0.4) is 0 Å². The van der Waals surface area contributed by atoms with Crippen LogP contribution < -0.4 is 5.32 Å². The molecule has 2 unspecified atom stereocenters. The monoisotopic (exact) mass is 173 g/mol. The Kier molecular flexibility index (Phi) is 6.39. The van der Waals surface area contributed by atoms with Crippen molar-refractivity contribution in [2.45, 2.75) is 52.7 Å². The fraction of sp³-hybridized carbons (Fsp3) is 1.00. The van der Waals surface area contributed by atoms with E-state index in [1.165, 1.54) is 12.8 Å². The summed E-state index contributed by atoms with van der Waals surface area (Å²) in [7, 11) is 0. The van der Waals surface area contributed by atoms with E-state index in [4.69, 9.17) is 5.11 Å². The second-order valence-corrected chi connectivity index (χ2v) is 3.62. The van der Waals surface area contributed by atoms with Crippen molar-refractivity contribution in [2.24, 2.45) is 5.92 Å². The van der Waals surface area contributed by atoms with Crippen LogP contribution in [-0.2, 0) is 0 Å². The van der Waals surface area contributed by atoms with E-state index in [0.29, 0.717) is 12.6 Å². The zero-order valence-electron chi connectivity index (χ0n) is 8.80. The second kappa shape index (κ2) is 6.44. The summed E-state index contributed by atoms with van der Waals surface area (Å²) >= 11 is 0. The van der Waals surface area contributed by atoms with Crippen molar-refractivity contribution in [1.82, 2.24) is 5.32 Å². The normalized spacial score (nSPS) is 16.5. The van der Waals surface area contributed by atoms with Gasteiger partial charge in [0.1, 0.15) is 0 Å². The molecular formula is C10H23NO. The highest BCUT2D eigenvalue weighted by Crippen LogP contribution is 2.12. The largest absolute Gasteiger partial charge is 0.392 e. The predicted molar refractivity (Wildman–Crippen MR) is 53.2 cm³/mol. The summed E-state index contributed by atoms with van der Waals surface area (Å²) in [6.45, 7) is 9.15. The van der Waals surface area contributed by atoms with Gasteiger partial charge in [-0.15, -0.1) is 0 Å². The lowest BCUT2D eigenvalue weighted by Gasteiger charge is -2.23. The SMILES string of the molecule is CCC(CC)C(C)NCC(C)O. The van der Waals surface area contributed by atoms with Gasteiger partial charge < -0.3 is 10.4 Å². The Morgan fingerprint density at radius 1 is 1.17 bits per heavy atom. The molecule has 0 rings (SSSR count). The Hall–Kier alpha value is -0.0800. The zero-order valence-corrected chi connectivity index (χ0v) is 8.80. The Bertz CT molecular complexity index is 100. The van der Waals surface area contributed by atoms with Gasteiger partial charge in [0.2, 0.25) is 0 Å². The lowest BCUT2D eigenvalue weighted by Crippen LogP contribution is -2.37. The molecule has 12 heavy (non-hydrogen) atoms. The molecule has 0 saturated carbocycles. The fourth-order valence-corrected chi connectivity index (χ4v) is 1.52. The minimum atomic E-state index is -0.234. The maximum Gasteiger partial charge on any atom is 0.0636 e. The van der Waals surface area contributed by atoms with Gasteiger partial charge in [-0.25, -0.2) is 0 Å². The van der Waals surface area contributed by atoms with Crippen LogP contribution in [0.4, 0.5) is 0 Å². The first-order valence-electron chi connectivity index (χ1n) is 5.03. The second-order valence-electron chi connectivity index (χ2n) is 3.62. The van der Waals surface area contributed by atoms with Crippen molar-refractivity contribution in [3.8, 4) is 0 Å². The minimum absolute atomic E-state index is 0.234. The summed E-state index contributed by atoms with van der Waals surface area (Å²) in [4.78, 5) is 0. The molecule has 0 aromatic carbocycles. The van der Waals surface area contributed by atoms with Crippen LogP contribution >= 0.6 is 0 Å². The highest BCUT2D eigenvalue weighted by Gasteiger charge is 2.12. The lowest BCUT2D eigenvalue weighted by molar-refractivity contribution is 0.180. The van der Waals surface area contributed by atoms with Gasteiger partial charge in [0.05, 0.1) is 6.10 Å². The molecule has 0 aromatic heterocycles. The van der Waals surface area contributed by atoms with Crippen LogP contribution in [0.25, 0.3) is 0 Å². The summed E-state index contributed by atoms with van der Waals surface area (Å²) in [6.07, 6.45) is 2.19. The van der Waals surface area contributed by atoms with Crippen molar-refractivity contribution < 1.29 is 5.11 Å². The number of rotatable bonds is 6. The average Bonchev–Trinajstić information content (AvgIpc) is 2.03. The summed E-state index contributed by atoms with van der Waals surface area (Å²) in [5.41, 5.74) is 0. The van der Waals surface area contributed by atoms with Gasteiger partial charge in [0.15, 0.2) is 0 Å². The Morgan fingerprint density at radius 3 is 2.00 bits per heavy atom. The number of aliphatic hydroxyl groups excluding tert-OH is 1. The molecule has 2 atom stereocenters. The number of nitrogens with one attached hydrogen (secondary N) is 1. The summed E-state index contributed by atoms with van der Waals surface area (Å²) in [5, 5.41) is 12.4. The van der Waals surface area contributed by atoms with Crippen LogP contribution in [-0.4, -0.2) is 23.8 Å². The summed E-state index contributed by atoms with van der Waals surface area (Å²) < 4.78 is 0. The molecule has 2 nitrogen and oxygen atoms in total. The Balaban J connectivity index is 3.61. The van der Waals surface area contributed by atoms with Crippen molar-refractivity contribution in [2.75, 3.05) is 6.54 Å². The first-order valence-corrected chi connectivity index (χ1v) is 5.03. The molecule has 2 N–H and O–H groups in total. The van der Waals surface area contributed by atoms with Gasteiger partial charge in [-0.3, -0.25) is 0 Å². The van der Waals surface area contributed by atoms with E-state index in [-0.39, 0.29) is 6.10 Å². The van der Waals surface area contributed by atoms with E-state index < -0.39 is 0 Å². The molecule has 0 fully saturated rings. The highest BCUT2D eigenvalue weighted by molar-refractivity contribution is 4.70. The molecule has 2 heteroatoms. The van der Waals surface area contributed by atoms with E-state index in [9.17, 15) is 0 Å². The van der Waals surface area contributed by atoms with Crippen LogP contribution in [0.2, 0.25) is 0 Å². The van der Waals surface area contributed by atoms with Crippen LogP contribution in [0.5, 0.6) is 0 Å². The van der Waals surface area contributed by atoms with E-state index in [0.717, 1.165) is 5.92 Å². The fourth-order valence-electron chi connectivity index (χ4n) is 1.52. The Morgan fingerprint density at radius 2 is 1.67 bits per heavy atom. The van der Waals surface area contributed by atoms with Gasteiger partial charge in [0, 0.05) is 12.6 Å². The van der Waals surface area contributed by atoms with Gasteiger partial charge in [-0.2, -0.15) is 0 Å². The van der Waals surface area contributed by atoms with Crippen molar-refractivity contribution in [1.29, 1.82) is 0 Å². The van der Waals surface area contributed by atoms with Gasteiger partial charge in [0.25, 0.3) is 0 Å². The molecular weight excluding hydrogens is 150 g/mol. The van der Waals surface area contributed by atoms with Gasteiger partial charge in [-0.1, -0.05) is 26.7 Å². The topological polar surface area (TPSA) is 32.3 Å². The lowest BCUT2D eigenvalue weighted by atomic mass is 9.95. The molecule has 0 aliphatic heterocycles. The number of hydrogen-bond donors (Lipinski definition) is 2. The van der Waals surface area contributed by atoms with Gasteiger partial charge >= 0.3 is 0 Å².